The van der Waals surface area contributed by atoms with Crippen LogP contribution in [0, 0.1) is 5.82 Å². The summed E-state index contributed by atoms with van der Waals surface area (Å²) < 4.78 is 13.9. The number of hydrogen-bond acceptors (Lipinski definition) is 3. The Morgan fingerprint density at radius 2 is 2.11 bits per heavy atom. The molecule has 0 bridgehead atoms. The number of nitrogens with two attached hydrogens (primary N) is 1. The minimum atomic E-state index is -0.297. The van der Waals surface area contributed by atoms with Gasteiger partial charge in [0.15, 0.2) is 0 Å². The number of nitrogens with one attached hydrogen (secondary N) is 1. The zero-order chi connectivity index (χ0) is 13.0. The summed E-state index contributed by atoms with van der Waals surface area (Å²) in [6.45, 7) is 0. The molecule has 3 N–H and O–H groups in total. The Morgan fingerprint density at radius 1 is 1.28 bits per heavy atom. The number of aromatic nitrogens is 1. The van der Waals surface area contributed by atoms with E-state index in [1.165, 1.54) is 6.07 Å². The molecule has 3 nitrogen and oxygen atoms in total. The number of rotatable bonds is 4. The lowest BCUT2D eigenvalue weighted by Gasteiger charge is -2.17. The van der Waals surface area contributed by atoms with Gasteiger partial charge in [-0.1, -0.05) is 18.2 Å². The van der Waals surface area contributed by atoms with Gasteiger partial charge in [-0.25, -0.2) is 4.39 Å². The Balaban J connectivity index is 2.26. The minimum absolute atomic E-state index is 0.190. The summed E-state index contributed by atoms with van der Waals surface area (Å²) in [6, 6.07) is 10.4. The summed E-state index contributed by atoms with van der Waals surface area (Å²) in [5.74, 6) is 5.25. The van der Waals surface area contributed by atoms with Crippen molar-refractivity contribution in [1.82, 2.24) is 10.4 Å². The fourth-order valence-corrected chi connectivity index (χ4v) is 2.32. The number of pyridine rings is 1. The molecule has 0 spiro atoms. The summed E-state index contributed by atoms with van der Waals surface area (Å²) in [5.41, 5.74) is 4.38. The molecule has 1 aromatic carbocycles. The van der Waals surface area contributed by atoms with E-state index in [0.29, 0.717) is 10.9 Å². The Kier molecular flexibility index (Phi) is 4.41. The van der Waals surface area contributed by atoms with Crippen LogP contribution in [0.1, 0.15) is 17.3 Å². The third-order valence-electron chi connectivity index (χ3n) is 2.70. The second-order valence-electron chi connectivity index (χ2n) is 3.89. The molecular formula is C13H13BrFN3. The molecule has 0 amide bonds. The highest BCUT2D eigenvalue weighted by Crippen LogP contribution is 2.27. The molecule has 0 saturated heterocycles. The lowest BCUT2D eigenvalue weighted by atomic mass is 10.0. The van der Waals surface area contributed by atoms with Crippen molar-refractivity contribution in [1.29, 1.82) is 0 Å². The monoisotopic (exact) mass is 309 g/mol. The highest BCUT2D eigenvalue weighted by atomic mass is 79.9. The quantitative estimate of drug-likeness (QED) is 0.674. The van der Waals surface area contributed by atoms with Gasteiger partial charge in [0.2, 0.25) is 0 Å². The summed E-state index contributed by atoms with van der Waals surface area (Å²) in [5, 5.41) is 0. The van der Waals surface area contributed by atoms with Gasteiger partial charge in [0.25, 0.3) is 0 Å². The van der Waals surface area contributed by atoms with Gasteiger partial charge in [-0.2, -0.15) is 0 Å². The first-order valence-corrected chi connectivity index (χ1v) is 6.31. The maximum Gasteiger partial charge on any atom is 0.137 e. The highest BCUT2D eigenvalue weighted by molar-refractivity contribution is 9.10. The fraction of sp³-hybridized carbons (Fsp3) is 0.154. The van der Waals surface area contributed by atoms with Crippen molar-refractivity contribution in [3.8, 4) is 0 Å². The molecular weight excluding hydrogens is 297 g/mol. The highest BCUT2D eigenvalue weighted by Gasteiger charge is 2.16. The molecule has 0 aliphatic rings. The maximum atomic E-state index is 13.5. The zero-order valence-corrected chi connectivity index (χ0v) is 11.2. The van der Waals surface area contributed by atoms with E-state index in [0.717, 1.165) is 11.3 Å². The van der Waals surface area contributed by atoms with Gasteiger partial charge in [-0.05, 0) is 39.7 Å². The van der Waals surface area contributed by atoms with E-state index < -0.39 is 0 Å². The molecule has 1 aromatic heterocycles. The molecule has 0 fully saturated rings. The van der Waals surface area contributed by atoms with Crippen LogP contribution in [0.15, 0.2) is 47.1 Å². The number of hydrazine groups is 1. The Labute approximate surface area is 113 Å². The Bertz CT molecular complexity index is 519. The predicted molar refractivity (Wildman–Crippen MR) is 72.1 cm³/mol. The van der Waals surface area contributed by atoms with Crippen LogP contribution in [0.5, 0.6) is 0 Å². The molecule has 2 aromatic rings. The number of benzene rings is 1. The molecule has 0 radical (unpaired) electrons. The lowest BCUT2D eigenvalue weighted by molar-refractivity contribution is 0.535. The lowest BCUT2D eigenvalue weighted by Crippen LogP contribution is -2.30. The standard InChI is InChI=1S/C13H13BrFN3/c14-13-10(5-3-6-11(13)15)12(18-16)8-9-4-1-2-7-17-9/h1-7,12,18H,8,16H2. The first-order valence-electron chi connectivity index (χ1n) is 5.52. The van der Waals surface area contributed by atoms with Crippen LogP contribution in [-0.2, 0) is 6.42 Å². The Hall–Kier alpha value is -1.30. The topological polar surface area (TPSA) is 50.9 Å². The van der Waals surface area contributed by atoms with Gasteiger partial charge in [-0.3, -0.25) is 16.3 Å². The van der Waals surface area contributed by atoms with Crippen LogP contribution in [0.25, 0.3) is 0 Å². The third-order valence-corrected chi connectivity index (χ3v) is 3.53. The maximum absolute atomic E-state index is 13.5. The molecule has 0 aliphatic heterocycles. The van der Waals surface area contributed by atoms with E-state index in [1.807, 2.05) is 24.3 Å². The molecule has 0 aliphatic carbocycles. The third kappa shape index (κ3) is 2.93. The van der Waals surface area contributed by atoms with Gasteiger partial charge in [0.05, 0.1) is 10.5 Å². The van der Waals surface area contributed by atoms with E-state index in [9.17, 15) is 4.39 Å². The zero-order valence-electron chi connectivity index (χ0n) is 9.61. The van der Waals surface area contributed by atoms with E-state index in [-0.39, 0.29) is 11.9 Å². The average molecular weight is 310 g/mol. The van der Waals surface area contributed by atoms with E-state index in [2.05, 4.69) is 26.3 Å². The van der Waals surface area contributed by atoms with Gasteiger partial charge in [-0.15, -0.1) is 0 Å². The SMILES string of the molecule is NNC(Cc1ccccn1)c1cccc(F)c1Br. The van der Waals surface area contributed by atoms with Gasteiger partial charge < -0.3 is 0 Å². The average Bonchev–Trinajstić information content (AvgIpc) is 2.41. The summed E-state index contributed by atoms with van der Waals surface area (Å²) in [7, 11) is 0. The largest absolute Gasteiger partial charge is 0.271 e. The van der Waals surface area contributed by atoms with E-state index in [1.54, 1.807) is 12.3 Å². The van der Waals surface area contributed by atoms with E-state index in [4.69, 9.17) is 5.84 Å². The van der Waals surface area contributed by atoms with Crippen LogP contribution in [0.3, 0.4) is 0 Å². The normalized spacial score (nSPS) is 12.4. The van der Waals surface area contributed by atoms with Gasteiger partial charge in [0, 0.05) is 18.3 Å². The summed E-state index contributed by atoms with van der Waals surface area (Å²) in [6.07, 6.45) is 2.32. The van der Waals surface area contributed by atoms with Crippen LogP contribution in [-0.4, -0.2) is 4.98 Å². The first kappa shape index (κ1) is 13.1. The number of hydrogen-bond donors (Lipinski definition) is 2. The molecule has 1 heterocycles. The van der Waals surface area contributed by atoms with Crippen molar-refractivity contribution in [2.45, 2.75) is 12.5 Å². The minimum Gasteiger partial charge on any atom is -0.271 e. The van der Waals surface area contributed by atoms with Gasteiger partial charge >= 0.3 is 0 Å². The van der Waals surface area contributed by atoms with Crippen LogP contribution >= 0.6 is 15.9 Å². The second-order valence-corrected chi connectivity index (χ2v) is 4.68. The van der Waals surface area contributed by atoms with Crippen LogP contribution in [0.2, 0.25) is 0 Å². The van der Waals surface area contributed by atoms with Gasteiger partial charge in [0.1, 0.15) is 5.82 Å². The number of halogens is 2. The van der Waals surface area contributed by atoms with Crippen molar-refractivity contribution < 1.29 is 4.39 Å². The second kappa shape index (κ2) is 6.04. The molecule has 5 heteroatoms. The smallest absolute Gasteiger partial charge is 0.137 e. The first-order chi connectivity index (χ1) is 8.72. The summed E-state index contributed by atoms with van der Waals surface area (Å²) >= 11 is 3.24. The molecule has 2 rings (SSSR count). The van der Waals surface area contributed by atoms with Crippen molar-refractivity contribution in [2.24, 2.45) is 5.84 Å². The molecule has 1 unspecified atom stereocenters. The van der Waals surface area contributed by atoms with E-state index >= 15 is 0 Å². The predicted octanol–water partition coefficient (Wildman–Crippen LogP) is 2.73. The van der Waals surface area contributed by atoms with Crippen molar-refractivity contribution in [2.75, 3.05) is 0 Å². The van der Waals surface area contributed by atoms with Crippen LogP contribution in [0.4, 0.5) is 4.39 Å². The van der Waals surface area contributed by atoms with Crippen molar-refractivity contribution >= 4 is 15.9 Å². The number of nitrogens with zero attached hydrogens (tertiary/aromatic N) is 1. The molecule has 1 atom stereocenters. The summed E-state index contributed by atoms with van der Waals surface area (Å²) in [4.78, 5) is 4.24. The molecule has 94 valence electrons. The van der Waals surface area contributed by atoms with Crippen molar-refractivity contribution in [3.05, 3.63) is 64.1 Å². The fourth-order valence-electron chi connectivity index (χ4n) is 1.78. The van der Waals surface area contributed by atoms with Crippen molar-refractivity contribution in [3.63, 3.8) is 0 Å². The molecule has 0 saturated carbocycles. The Morgan fingerprint density at radius 3 is 2.78 bits per heavy atom. The molecule has 18 heavy (non-hydrogen) atoms. The van der Waals surface area contributed by atoms with Crippen LogP contribution < -0.4 is 11.3 Å².